The van der Waals surface area contributed by atoms with Gasteiger partial charge < -0.3 is 20.3 Å². The van der Waals surface area contributed by atoms with Crippen LogP contribution in [-0.2, 0) is 14.3 Å². The van der Waals surface area contributed by atoms with Crippen molar-refractivity contribution in [2.75, 3.05) is 35.2 Å². The van der Waals surface area contributed by atoms with Gasteiger partial charge in [-0.3, -0.25) is 19.4 Å². The Bertz CT molecular complexity index is 1160. The highest BCUT2D eigenvalue weighted by Crippen LogP contribution is 2.31. The van der Waals surface area contributed by atoms with Crippen LogP contribution in [0.3, 0.4) is 0 Å². The summed E-state index contributed by atoms with van der Waals surface area (Å²) in [4.78, 5) is 59.8. The van der Waals surface area contributed by atoms with Crippen molar-refractivity contribution in [2.24, 2.45) is 5.92 Å². The van der Waals surface area contributed by atoms with E-state index in [-0.39, 0.29) is 23.7 Å². The largest absolute Gasteiger partial charge is 0.462 e. The predicted molar refractivity (Wildman–Crippen MR) is 132 cm³/mol. The molecule has 0 saturated carbocycles. The van der Waals surface area contributed by atoms with E-state index in [2.05, 4.69) is 27.5 Å². The van der Waals surface area contributed by atoms with Crippen LogP contribution < -0.4 is 21.1 Å². The van der Waals surface area contributed by atoms with Crippen molar-refractivity contribution < 1.29 is 19.1 Å². The number of H-pyrrole nitrogens is 1. The van der Waals surface area contributed by atoms with Gasteiger partial charge in [0.15, 0.2) is 0 Å². The molecule has 2 aromatic rings. The Balaban J connectivity index is 1.50. The van der Waals surface area contributed by atoms with Crippen LogP contribution >= 0.6 is 0 Å². The third-order valence-electron chi connectivity index (χ3n) is 6.33. The monoisotopic (exact) mass is 481 g/mol. The van der Waals surface area contributed by atoms with Crippen LogP contribution in [0.25, 0.3) is 0 Å². The highest BCUT2D eigenvalue weighted by atomic mass is 16.5. The molecule has 0 bridgehead atoms. The Morgan fingerprint density at radius 2 is 2.00 bits per heavy atom. The second-order valence-corrected chi connectivity index (χ2v) is 9.21. The van der Waals surface area contributed by atoms with Crippen molar-refractivity contribution in [3.05, 3.63) is 45.7 Å². The number of amides is 2. The summed E-state index contributed by atoms with van der Waals surface area (Å²) >= 11 is 0. The number of nitrogens with one attached hydrogen (secondary N) is 3. The highest BCUT2D eigenvalue weighted by molar-refractivity contribution is 6.04. The number of benzene rings is 1. The number of aromatic nitrogens is 2. The lowest BCUT2D eigenvalue weighted by Gasteiger charge is -2.32. The van der Waals surface area contributed by atoms with Gasteiger partial charge in [0.25, 0.3) is 5.56 Å². The molecule has 186 valence electrons. The highest BCUT2D eigenvalue weighted by Gasteiger charge is 2.35. The molecule has 2 atom stereocenters. The molecule has 2 aliphatic rings. The Labute approximate surface area is 203 Å². The minimum Gasteiger partial charge on any atom is -0.462 e. The molecular formula is C25H31N5O5. The molecule has 1 aromatic heterocycles. The SMILES string of the molecule is CCCCOC(=O)c1ccc(NC(=O)[C@H]2CC(=O)Nc3nc(N4CCC[C@@H](C)C4)[nH]c(=O)c32)cc1. The van der Waals surface area contributed by atoms with Crippen molar-refractivity contribution in [1.82, 2.24) is 9.97 Å². The Morgan fingerprint density at radius 1 is 1.23 bits per heavy atom. The molecule has 10 heteroatoms. The number of carbonyl (C=O) groups excluding carboxylic acids is 3. The third-order valence-corrected chi connectivity index (χ3v) is 6.33. The summed E-state index contributed by atoms with van der Waals surface area (Å²) in [6, 6.07) is 6.29. The number of rotatable bonds is 7. The zero-order chi connectivity index (χ0) is 24.9. The number of anilines is 3. The second kappa shape index (κ2) is 10.7. The van der Waals surface area contributed by atoms with Gasteiger partial charge in [0, 0.05) is 25.2 Å². The average Bonchev–Trinajstić information content (AvgIpc) is 2.83. The number of fused-ring (bicyclic) bond motifs is 1. The van der Waals surface area contributed by atoms with Crippen LogP contribution in [0, 0.1) is 5.92 Å². The van der Waals surface area contributed by atoms with Crippen molar-refractivity contribution in [3.8, 4) is 0 Å². The number of nitrogens with zero attached hydrogens (tertiary/aromatic N) is 2. The standard InChI is InChI=1S/C25H31N5O5/c1-3-4-12-35-24(34)16-7-9-17(10-8-16)26-22(32)18-13-19(31)27-21-20(18)23(33)29-25(28-21)30-11-5-6-15(2)14-30/h7-10,15,18H,3-6,11-14H2,1-2H3,(H,26,32)(H2,27,28,29,31,33)/t15-,18+/m1/s1. The summed E-state index contributed by atoms with van der Waals surface area (Å²) in [7, 11) is 0. The van der Waals surface area contributed by atoms with Crippen LogP contribution in [0.2, 0.25) is 0 Å². The average molecular weight is 482 g/mol. The number of hydrogen-bond donors (Lipinski definition) is 3. The van der Waals surface area contributed by atoms with Gasteiger partial charge in [0.1, 0.15) is 5.82 Å². The lowest BCUT2D eigenvalue weighted by Crippen LogP contribution is -2.40. The summed E-state index contributed by atoms with van der Waals surface area (Å²) in [5.41, 5.74) is 0.526. The van der Waals surface area contributed by atoms with E-state index in [0.29, 0.717) is 29.7 Å². The molecule has 4 rings (SSSR count). The van der Waals surface area contributed by atoms with Crippen molar-refractivity contribution in [1.29, 1.82) is 0 Å². The molecule has 1 aromatic carbocycles. The van der Waals surface area contributed by atoms with E-state index in [1.54, 1.807) is 24.3 Å². The van der Waals surface area contributed by atoms with Gasteiger partial charge in [0.2, 0.25) is 17.8 Å². The second-order valence-electron chi connectivity index (χ2n) is 9.21. The van der Waals surface area contributed by atoms with Gasteiger partial charge in [-0.1, -0.05) is 20.3 Å². The van der Waals surface area contributed by atoms with Gasteiger partial charge in [0.05, 0.1) is 23.7 Å². The van der Waals surface area contributed by atoms with Gasteiger partial charge in [-0.2, -0.15) is 4.98 Å². The first-order valence-electron chi connectivity index (χ1n) is 12.1. The molecule has 0 radical (unpaired) electrons. The van der Waals surface area contributed by atoms with Gasteiger partial charge >= 0.3 is 5.97 Å². The Hall–Kier alpha value is -3.69. The maximum absolute atomic E-state index is 13.1. The van der Waals surface area contributed by atoms with E-state index in [1.807, 2.05) is 11.8 Å². The number of unbranched alkanes of at least 4 members (excludes halogenated alkanes) is 1. The number of esters is 1. The van der Waals surface area contributed by atoms with E-state index in [4.69, 9.17) is 4.74 Å². The first-order valence-corrected chi connectivity index (χ1v) is 12.1. The Kier molecular flexibility index (Phi) is 7.48. The zero-order valence-corrected chi connectivity index (χ0v) is 20.1. The number of ether oxygens (including phenoxy) is 1. The predicted octanol–water partition coefficient (Wildman–Crippen LogP) is 3.03. The van der Waals surface area contributed by atoms with Crippen LogP contribution in [0.15, 0.2) is 29.1 Å². The fraction of sp³-hybridized carbons (Fsp3) is 0.480. The van der Waals surface area contributed by atoms with Crippen LogP contribution in [0.5, 0.6) is 0 Å². The lowest BCUT2D eigenvalue weighted by molar-refractivity contribution is -0.123. The summed E-state index contributed by atoms with van der Waals surface area (Å²) in [6.07, 6.45) is 3.67. The van der Waals surface area contributed by atoms with Gasteiger partial charge in [-0.15, -0.1) is 0 Å². The first kappa shape index (κ1) is 24.4. The maximum atomic E-state index is 13.1. The molecule has 3 heterocycles. The molecule has 0 unspecified atom stereocenters. The van der Waals surface area contributed by atoms with Gasteiger partial charge in [-0.25, -0.2) is 4.79 Å². The van der Waals surface area contributed by atoms with Crippen molar-refractivity contribution in [2.45, 2.75) is 51.9 Å². The van der Waals surface area contributed by atoms with E-state index >= 15 is 0 Å². The van der Waals surface area contributed by atoms with Crippen LogP contribution in [0.1, 0.15) is 67.8 Å². The normalized spacial score (nSPS) is 19.5. The molecule has 0 spiro atoms. The molecule has 10 nitrogen and oxygen atoms in total. The molecule has 1 fully saturated rings. The smallest absolute Gasteiger partial charge is 0.338 e. The Morgan fingerprint density at radius 3 is 2.71 bits per heavy atom. The quantitative estimate of drug-likeness (QED) is 0.409. The summed E-state index contributed by atoms with van der Waals surface area (Å²) in [6.45, 7) is 6.05. The number of carbonyl (C=O) groups is 3. The number of piperidine rings is 1. The molecule has 3 N–H and O–H groups in total. The number of hydrogen-bond acceptors (Lipinski definition) is 7. The van der Waals surface area contributed by atoms with Crippen molar-refractivity contribution in [3.63, 3.8) is 0 Å². The molecule has 0 aliphatic carbocycles. The lowest BCUT2D eigenvalue weighted by atomic mass is 9.92. The topological polar surface area (TPSA) is 133 Å². The third kappa shape index (κ3) is 5.70. The van der Waals surface area contributed by atoms with E-state index < -0.39 is 23.4 Å². The van der Waals surface area contributed by atoms with E-state index in [1.165, 1.54) is 0 Å². The van der Waals surface area contributed by atoms with E-state index in [0.717, 1.165) is 38.8 Å². The van der Waals surface area contributed by atoms with Crippen LogP contribution in [-0.4, -0.2) is 47.4 Å². The number of aromatic amines is 1. The fourth-order valence-corrected chi connectivity index (χ4v) is 4.43. The molecule has 35 heavy (non-hydrogen) atoms. The summed E-state index contributed by atoms with van der Waals surface area (Å²) in [5, 5.41) is 5.39. The molecule has 2 aliphatic heterocycles. The fourth-order valence-electron chi connectivity index (χ4n) is 4.43. The molecule has 2 amide bonds. The van der Waals surface area contributed by atoms with E-state index in [9.17, 15) is 19.2 Å². The summed E-state index contributed by atoms with van der Waals surface area (Å²) in [5.74, 6) is -1.27. The molecule has 1 saturated heterocycles. The van der Waals surface area contributed by atoms with Crippen molar-refractivity contribution >= 4 is 35.2 Å². The molecular weight excluding hydrogens is 450 g/mol. The van der Waals surface area contributed by atoms with Crippen LogP contribution in [0.4, 0.5) is 17.5 Å². The summed E-state index contributed by atoms with van der Waals surface area (Å²) < 4.78 is 5.19. The first-order chi connectivity index (χ1) is 16.9. The maximum Gasteiger partial charge on any atom is 0.338 e. The van der Waals surface area contributed by atoms with Gasteiger partial charge in [-0.05, 0) is 49.4 Å². The minimum absolute atomic E-state index is 0.128. The zero-order valence-electron chi connectivity index (χ0n) is 20.1. The minimum atomic E-state index is -0.983.